The minimum absolute atomic E-state index is 0.101. The van der Waals surface area contributed by atoms with Crippen LogP contribution < -0.4 is 10.2 Å². The number of anilines is 1. The highest BCUT2D eigenvalue weighted by molar-refractivity contribution is 7.89. The molecular formula is C22H31N5O4S. The molecule has 0 atom stereocenters. The molecule has 0 bridgehead atoms. The minimum atomic E-state index is -3.82. The zero-order chi connectivity index (χ0) is 23.3. The first-order valence-corrected chi connectivity index (χ1v) is 12.2. The number of piperazine rings is 1. The fraction of sp³-hybridized carbons (Fsp3) is 0.455. The SMILES string of the molecule is CCN(CC)c1ccc(CNC(=O)N2CCN(S(=O)(=O)c3cc(C)ccc3O)CC2)cn1. The predicted octanol–water partition coefficient (Wildman–Crippen LogP) is 2.16. The molecule has 9 nitrogen and oxygen atoms in total. The largest absolute Gasteiger partial charge is 0.507 e. The molecule has 0 saturated carbocycles. The van der Waals surface area contributed by atoms with Gasteiger partial charge >= 0.3 is 6.03 Å². The number of phenols is 1. The van der Waals surface area contributed by atoms with Crippen LogP contribution in [0, 0.1) is 6.92 Å². The number of nitrogens with one attached hydrogen (secondary N) is 1. The van der Waals surface area contributed by atoms with Crippen LogP contribution in [0.25, 0.3) is 0 Å². The minimum Gasteiger partial charge on any atom is -0.507 e. The topological polar surface area (TPSA) is 106 Å². The molecular weight excluding hydrogens is 430 g/mol. The van der Waals surface area contributed by atoms with Crippen molar-refractivity contribution < 1.29 is 18.3 Å². The fourth-order valence-electron chi connectivity index (χ4n) is 3.64. The first-order chi connectivity index (χ1) is 15.3. The second-order valence-corrected chi connectivity index (χ2v) is 9.62. The molecule has 1 aliphatic heterocycles. The molecule has 1 aromatic heterocycles. The summed E-state index contributed by atoms with van der Waals surface area (Å²) in [7, 11) is -3.82. The van der Waals surface area contributed by atoms with E-state index in [0.29, 0.717) is 6.54 Å². The summed E-state index contributed by atoms with van der Waals surface area (Å²) >= 11 is 0. The van der Waals surface area contributed by atoms with Gasteiger partial charge in [-0.05, 0) is 50.1 Å². The van der Waals surface area contributed by atoms with Crippen LogP contribution in [0.4, 0.5) is 10.6 Å². The Hall–Kier alpha value is -2.85. The Balaban J connectivity index is 1.54. The van der Waals surface area contributed by atoms with Crippen LogP contribution in [-0.2, 0) is 16.6 Å². The van der Waals surface area contributed by atoms with Crippen molar-refractivity contribution in [2.45, 2.75) is 32.2 Å². The van der Waals surface area contributed by atoms with Crippen molar-refractivity contribution in [2.75, 3.05) is 44.2 Å². The Kier molecular flexibility index (Phi) is 7.57. The maximum absolute atomic E-state index is 12.9. The number of rotatable bonds is 7. The number of aromatic nitrogens is 1. The normalized spacial score (nSPS) is 14.9. The quantitative estimate of drug-likeness (QED) is 0.655. The lowest BCUT2D eigenvalue weighted by Crippen LogP contribution is -2.52. The number of hydrogen-bond donors (Lipinski definition) is 2. The third kappa shape index (κ3) is 5.31. The summed E-state index contributed by atoms with van der Waals surface area (Å²) in [5, 5.41) is 12.9. The molecule has 0 aliphatic carbocycles. The van der Waals surface area contributed by atoms with Gasteiger partial charge in [-0.1, -0.05) is 12.1 Å². The van der Waals surface area contributed by atoms with Crippen molar-refractivity contribution in [2.24, 2.45) is 0 Å². The molecule has 10 heteroatoms. The molecule has 1 fully saturated rings. The molecule has 1 aromatic carbocycles. The van der Waals surface area contributed by atoms with Gasteiger partial charge in [-0.25, -0.2) is 18.2 Å². The van der Waals surface area contributed by atoms with E-state index < -0.39 is 10.0 Å². The highest BCUT2D eigenvalue weighted by Crippen LogP contribution is 2.27. The lowest BCUT2D eigenvalue weighted by Gasteiger charge is -2.34. The van der Waals surface area contributed by atoms with Crippen molar-refractivity contribution in [1.82, 2.24) is 19.5 Å². The average molecular weight is 462 g/mol. The van der Waals surface area contributed by atoms with E-state index in [1.165, 1.54) is 16.4 Å². The number of pyridine rings is 1. The highest BCUT2D eigenvalue weighted by Gasteiger charge is 2.31. The van der Waals surface area contributed by atoms with Gasteiger partial charge in [0, 0.05) is 52.0 Å². The standard InChI is InChI=1S/C22H31N5O4S/c1-4-25(5-2)21-9-7-18(15-23-21)16-24-22(29)26-10-12-27(13-11-26)32(30,31)20-14-17(3)6-8-19(20)28/h6-9,14-15,28H,4-5,10-13,16H2,1-3H3,(H,24,29). The lowest BCUT2D eigenvalue weighted by atomic mass is 10.2. The number of hydrogen-bond acceptors (Lipinski definition) is 6. The van der Waals surface area contributed by atoms with Crippen LogP contribution in [0.2, 0.25) is 0 Å². The molecule has 2 amide bonds. The number of carbonyl (C=O) groups is 1. The van der Waals surface area contributed by atoms with Gasteiger partial charge in [0.15, 0.2) is 0 Å². The average Bonchev–Trinajstić information content (AvgIpc) is 2.80. The first kappa shape index (κ1) is 23.8. The van der Waals surface area contributed by atoms with E-state index in [9.17, 15) is 18.3 Å². The summed E-state index contributed by atoms with van der Waals surface area (Å²) in [4.78, 5) is 20.6. The van der Waals surface area contributed by atoms with Crippen molar-refractivity contribution >= 4 is 21.9 Å². The smallest absolute Gasteiger partial charge is 0.317 e. The second kappa shape index (κ2) is 10.2. The van der Waals surface area contributed by atoms with Crippen LogP contribution in [0.15, 0.2) is 41.4 Å². The van der Waals surface area contributed by atoms with Gasteiger partial charge < -0.3 is 20.2 Å². The molecule has 2 N–H and O–H groups in total. The number of nitrogens with zero attached hydrogens (tertiary/aromatic N) is 4. The van der Waals surface area contributed by atoms with Gasteiger partial charge in [0.2, 0.25) is 10.0 Å². The maximum Gasteiger partial charge on any atom is 0.317 e. The summed E-state index contributed by atoms with van der Waals surface area (Å²) < 4.78 is 27.1. The first-order valence-electron chi connectivity index (χ1n) is 10.8. The van der Waals surface area contributed by atoms with E-state index in [1.54, 1.807) is 24.1 Å². The van der Waals surface area contributed by atoms with E-state index in [4.69, 9.17) is 0 Å². The van der Waals surface area contributed by atoms with E-state index in [-0.39, 0.29) is 42.9 Å². The number of amides is 2. The molecule has 174 valence electrons. The Morgan fingerprint density at radius 3 is 2.41 bits per heavy atom. The van der Waals surface area contributed by atoms with Crippen LogP contribution in [0.3, 0.4) is 0 Å². The molecule has 0 unspecified atom stereocenters. The Bertz CT molecular complexity index is 1030. The summed E-state index contributed by atoms with van der Waals surface area (Å²) in [5.41, 5.74) is 1.64. The monoisotopic (exact) mass is 461 g/mol. The molecule has 1 aliphatic rings. The van der Waals surface area contributed by atoms with Crippen LogP contribution in [0.1, 0.15) is 25.0 Å². The number of benzene rings is 1. The number of urea groups is 1. The third-order valence-corrected chi connectivity index (χ3v) is 7.53. The summed E-state index contributed by atoms with van der Waals surface area (Å²) in [5.74, 6) is 0.637. The Morgan fingerprint density at radius 1 is 1.12 bits per heavy atom. The van der Waals surface area contributed by atoms with Gasteiger partial charge in [0.1, 0.15) is 16.5 Å². The van der Waals surface area contributed by atoms with Crippen molar-refractivity contribution in [3.8, 4) is 5.75 Å². The van der Waals surface area contributed by atoms with E-state index in [0.717, 1.165) is 30.0 Å². The van der Waals surface area contributed by atoms with Gasteiger partial charge in [0.25, 0.3) is 0 Å². The summed E-state index contributed by atoms with van der Waals surface area (Å²) in [6.07, 6.45) is 1.76. The fourth-order valence-corrected chi connectivity index (χ4v) is 5.23. The molecule has 32 heavy (non-hydrogen) atoms. The molecule has 0 radical (unpaired) electrons. The van der Waals surface area contributed by atoms with Crippen LogP contribution >= 0.6 is 0 Å². The number of carbonyl (C=O) groups excluding carboxylic acids is 1. The zero-order valence-electron chi connectivity index (χ0n) is 18.8. The zero-order valence-corrected chi connectivity index (χ0v) is 19.6. The van der Waals surface area contributed by atoms with E-state index >= 15 is 0 Å². The molecule has 0 spiro atoms. The van der Waals surface area contributed by atoms with E-state index in [2.05, 4.69) is 29.0 Å². The molecule has 3 rings (SSSR count). The highest BCUT2D eigenvalue weighted by atomic mass is 32.2. The predicted molar refractivity (Wildman–Crippen MR) is 123 cm³/mol. The Morgan fingerprint density at radius 2 is 1.81 bits per heavy atom. The summed E-state index contributed by atoms with van der Waals surface area (Å²) in [6, 6.07) is 8.15. The number of aromatic hydroxyl groups is 1. The van der Waals surface area contributed by atoms with Gasteiger partial charge in [-0.2, -0.15) is 4.31 Å². The second-order valence-electron chi connectivity index (χ2n) is 7.72. The number of aryl methyl sites for hydroxylation is 1. The van der Waals surface area contributed by atoms with E-state index in [1.807, 2.05) is 12.1 Å². The van der Waals surface area contributed by atoms with Crippen LogP contribution in [0.5, 0.6) is 5.75 Å². The lowest BCUT2D eigenvalue weighted by molar-refractivity contribution is 0.172. The third-order valence-electron chi connectivity index (χ3n) is 5.60. The van der Waals surface area contributed by atoms with Crippen molar-refractivity contribution in [3.05, 3.63) is 47.7 Å². The molecule has 2 aromatic rings. The van der Waals surface area contributed by atoms with Gasteiger partial charge in [0.05, 0.1) is 0 Å². The van der Waals surface area contributed by atoms with Crippen molar-refractivity contribution in [3.63, 3.8) is 0 Å². The molecule has 2 heterocycles. The Labute approximate surface area is 189 Å². The van der Waals surface area contributed by atoms with Crippen LogP contribution in [-0.4, -0.2) is 73.0 Å². The number of sulfonamides is 1. The van der Waals surface area contributed by atoms with Gasteiger partial charge in [-0.3, -0.25) is 0 Å². The van der Waals surface area contributed by atoms with Gasteiger partial charge in [-0.15, -0.1) is 0 Å². The van der Waals surface area contributed by atoms with Crippen molar-refractivity contribution in [1.29, 1.82) is 0 Å². The maximum atomic E-state index is 12.9. The number of phenolic OH excluding ortho intramolecular Hbond substituents is 1. The summed E-state index contributed by atoms with van der Waals surface area (Å²) in [6.45, 7) is 8.92. The molecule has 1 saturated heterocycles.